The van der Waals surface area contributed by atoms with Crippen LogP contribution in [0.4, 0.5) is 4.79 Å². The average Bonchev–Trinajstić information content (AvgIpc) is 3.02. The first-order chi connectivity index (χ1) is 15.6. The van der Waals surface area contributed by atoms with Gasteiger partial charge < -0.3 is 19.4 Å². The van der Waals surface area contributed by atoms with Crippen molar-refractivity contribution in [1.29, 1.82) is 0 Å². The summed E-state index contributed by atoms with van der Waals surface area (Å²) < 4.78 is 17.8. The average molecular weight is 449 g/mol. The van der Waals surface area contributed by atoms with Crippen molar-refractivity contribution in [3.05, 3.63) is 76.8 Å². The fraction of sp³-hybridized carbons (Fsp3) is 0.385. The minimum atomic E-state index is -0.644. The second kappa shape index (κ2) is 10.4. The Morgan fingerprint density at radius 3 is 2.30 bits per heavy atom. The number of ether oxygens (including phenoxy) is 1. The molecular weight excluding hydrogens is 417 g/mol. The Bertz CT molecular complexity index is 1000. The first-order valence-corrected chi connectivity index (χ1v) is 11.3. The molecule has 0 aromatic heterocycles. The van der Waals surface area contributed by atoms with Crippen molar-refractivity contribution in [3.8, 4) is 0 Å². The third-order valence-electron chi connectivity index (χ3n) is 6.09. The lowest BCUT2D eigenvalue weighted by molar-refractivity contribution is 0.00578. The van der Waals surface area contributed by atoms with E-state index in [1.165, 1.54) is 0 Å². The highest BCUT2D eigenvalue weighted by Crippen LogP contribution is 2.38. The summed E-state index contributed by atoms with van der Waals surface area (Å²) in [5.41, 5.74) is 2.07. The SMILES string of the molecule is CCC(=O)c1cccc(C=C(CNC(=O)OCc2ccccc2)B2OC(C)(C)C(C)(C)O2)c1. The van der Waals surface area contributed by atoms with Crippen molar-refractivity contribution in [2.45, 2.75) is 58.8 Å². The van der Waals surface area contributed by atoms with Gasteiger partial charge in [0, 0.05) is 18.5 Å². The molecule has 0 aliphatic carbocycles. The van der Waals surface area contributed by atoms with Gasteiger partial charge in [-0.3, -0.25) is 4.79 Å². The van der Waals surface area contributed by atoms with Crippen molar-refractivity contribution < 1.29 is 23.6 Å². The first kappa shape index (κ1) is 24.7. The highest BCUT2D eigenvalue weighted by molar-refractivity contribution is 6.56. The molecule has 1 aliphatic heterocycles. The molecule has 0 atom stereocenters. The molecule has 1 fully saturated rings. The summed E-state index contributed by atoms with van der Waals surface area (Å²) >= 11 is 0. The number of rotatable bonds is 8. The van der Waals surface area contributed by atoms with Crippen molar-refractivity contribution in [2.24, 2.45) is 0 Å². The van der Waals surface area contributed by atoms with E-state index in [9.17, 15) is 9.59 Å². The lowest BCUT2D eigenvalue weighted by atomic mass is 9.77. The zero-order valence-electron chi connectivity index (χ0n) is 20.0. The second-order valence-electron chi connectivity index (χ2n) is 9.12. The van der Waals surface area contributed by atoms with Crippen LogP contribution < -0.4 is 5.32 Å². The smallest absolute Gasteiger partial charge is 0.445 e. The summed E-state index contributed by atoms with van der Waals surface area (Å²) in [7, 11) is -0.644. The lowest BCUT2D eigenvalue weighted by Gasteiger charge is -2.32. The Kier molecular flexibility index (Phi) is 7.77. The summed E-state index contributed by atoms with van der Waals surface area (Å²) in [5.74, 6) is 0.0741. The molecule has 174 valence electrons. The van der Waals surface area contributed by atoms with Crippen LogP contribution in [0.3, 0.4) is 0 Å². The van der Waals surface area contributed by atoms with E-state index in [4.69, 9.17) is 14.0 Å². The Balaban J connectivity index is 1.77. The van der Waals surface area contributed by atoms with Gasteiger partial charge in [0.15, 0.2) is 5.78 Å². The van der Waals surface area contributed by atoms with Crippen LogP contribution in [0.25, 0.3) is 6.08 Å². The van der Waals surface area contributed by atoms with Gasteiger partial charge >= 0.3 is 13.2 Å². The number of carbonyl (C=O) groups excluding carboxylic acids is 2. The van der Waals surface area contributed by atoms with Crippen LogP contribution in [0.15, 0.2) is 60.1 Å². The van der Waals surface area contributed by atoms with Gasteiger partial charge in [0.25, 0.3) is 0 Å². The third-order valence-corrected chi connectivity index (χ3v) is 6.09. The molecule has 1 saturated heterocycles. The predicted octanol–water partition coefficient (Wildman–Crippen LogP) is 5.22. The Morgan fingerprint density at radius 1 is 1.00 bits per heavy atom. The summed E-state index contributed by atoms with van der Waals surface area (Å²) in [5, 5.41) is 2.80. The summed E-state index contributed by atoms with van der Waals surface area (Å²) in [6.45, 7) is 10.1. The van der Waals surface area contributed by atoms with Gasteiger partial charge in [0.2, 0.25) is 0 Å². The molecule has 0 radical (unpaired) electrons. The highest BCUT2D eigenvalue weighted by atomic mass is 16.7. The van der Waals surface area contributed by atoms with E-state index in [-0.39, 0.29) is 18.9 Å². The van der Waals surface area contributed by atoms with Crippen LogP contribution in [0.5, 0.6) is 0 Å². The topological polar surface area (TPSA) is 73.9 Å². The minimum Gasteiger partial charge on any atom is -0.445 e. The van der Waals surface area contributed by atoms with Crippen LogP contribution in [-0.2, 0) is 20.7 Å². The molecule has 1 N–H and O–H groups in total. The molecule has 1 amide bonds. The van der Waals surface area contributed by atoms with Crippen molar-refractivity contribution in [2.75, 3.05) is 6.54 Å². The van der Waals surface area contributed by atoms with Crippen LogP contribution in [0, 0.1) is 0 Å². The maximum absolute atomic E-state index is 12.3. The number of Topliss-reactive ketones (excluding diaryl/α,β-unsaturated/α-hetero) is 1. The molecule has 0 spiro atoms. The monoisotopic (exact) mass is 449 g/mol. The largest absolute Gasteiger partial charge is 0.492 e. The van der Waals surface area contributed by atoms with Crippen molar-refractivity contribution in [3.63, 3.8) is 0 Å². The quantitative estimate of drug-likeness (QED) is 0.442. The Labute approximate surface area is 196 Å². The molecule has 33 heavy (non-hydrogen) atoms. The standard InChI is InChI=1S/C26H32BNO5/c1-6-23(29)21-14-10-13-20(15-21)16-22(27-32-25(2,3)26(4,5)33-27)17-28-24(30)31-18-19-11-8-7-9-12-19/h7-16H,6,17-18H2,1-5H3,(H,28,30). The van der Waals surface area contributed by atoms with E-state index in [2.05, 4.69) is 5.32 Å². The van der Waals surface area contributed by atoms with E-state index in [1.54, 1.807) is 6.07 Å². The zero-order valence-corrected chi connectivity index (χ0v) is 20.0. The van der Waals surface area contributed by atoms with E-state index in [1.807, 2.05) is 89.2 Å². The number of ketones is 1. The summed E-state index contributed by atoms with van der Waals surface area (Å²) in [6.07, 6.45) is 1.80. The molecule has 3 rings (SSSR count). The minimum absolute atomic E-state index is 0.0741. The maximum atomic E-state index is 12.3. The van der Waals surface area contributed by atoms with Gasteiger partial charge in [-0.05, 0) is 50.4 Å². The molecule has 2 aromatic rings. The first-order valence-electron chi connectivity index (χ1n) is 11.3. The Morgan fingerprint density at radius 2 is 1.67 bits per heavy atom. The van der Waals surface area contributed by atoms with Gasteiger partial charge in [-0.15, -0.1) is 0 Å². The molecule has 0 unspecified atom stereocenters. The van der Waals surface area contributed by atoms with Gasteiger partial charge in [0.1, 0.15) is 6.61 Å². The molecule has 2 aromatic carbocycles. The third kappa shape index (κ3) is 6.33. The number of alkyl carbamates (subject to hydrolysis) is 1. The summed E-state index contributed by atoms with van der Waals surface area (Å²) in [4.78, 5) is 24.5. The molecule has 1 aliphatic rings. The van der Waals surface area contributed by atoms with Gasteiger partial charge in [0.05, 0.1) is 11.2 Å². The van der Waals surface area contributed by atoms with Crippen molar-refractivity contribution in [1.82, 2.24) is 5.32 Å². The zero-order chi connectivity index (χ0) is 24.1. The number of amides is 1. The van der Waals surface area contributed by atoms with E-state index >= 15 is 0 Å². The van der Waals surface area contributed by atoms with Crippen molar-refractivity contribution >= 4 is 25.1 Å². The van der Waals surface area contributed by atoms with E-state index < -0.39 is 24.4 Å². The van der Waals surface area contributed by atoms with E-state index in [0.717, 1.165) is 16.6 Å². The van der Waals surface area contributed by atoms with Gasteiger partial charge in [-0.2, -0.15) is 0 Å². The van der Waals surface area contributed by atoms with E-state index in [0.29, 0.717) is 12.0 Å². The van der Waals surface area contributed by atoms with Crippen LogP contribution in [-0.4, -0.2) is 36.7 Å². The maximum Gasteiger partial charge on any atom is 0.492 e. The molecule has 6 nitrogen and oxygen atoms in total. The van der Waals surface area contributed by atoms with Gasteiger partial charge in [-0.25, -0.2) is 4.79 Å². The molecule has 0 bridgehead atoms. The molecule has 7 heteroatoms. The number of hydrogen-bond acceptors (Lipinski definition) is 5. The predicted molar refractivity (Wildman–Crippen MR) is 130 cm³/mol. The van der Waals surface area contributed by atoms with Gasteiger partial charge in [-0.1, -0.05) is 61.5 Å². The lowest BCUT2D eigenvalue weighted by Crippen LogP contribution is -2.41. The fourth-order valence-corrected chi connectivity index (χ4v) is 3.37. The molecule has 1 heterocycles. The second-order valence-corrected chi connectivity index (χ2v) is 9.12. The number of nitrogens with one attached hydrogen (secondary N) is 1. The molecule has 0 saturated carbocycles. The molecular formula is C26H32BNO5. The number of carbonyl (C=O) groups is 2. The number of hydrogen-bond donors (Lipinski definition) is 1. The summed E-state index contributed by atoms with van der Waals surface area (Å²) in [6, 6.07) is 16.9. The number of benzene rings is 2. The van der Waals surface area contributed by atoms with Crippen LogP contribution in [0.2, 0.25) is 0 Å². The van der Waals surface area contributed by atoms with Crippen LogP contribution in [0.1, 0.15) is 62.5 Å². The fourth-order valence-electron chi connectivity index (χ4n) is 3.37. The van der Waals surface area contributed by atoms with Crippen LogP contribution >= 0.6 is 0 Å². The normalized spacial score (nSPS) is 17.0. The Hall–Kier alpha value is -2.90. The highest BCUT2D eigenvalue weighted by Gasteiger charge is 2.52.